The molecule has 2 aromatic rings. The number of hydrogen-bond donors (Lipinski definition) is 0. The van der Waals surface area contributed by atoms with E-state index in [9.17, 15) is 10.1 Å². The molecule has 0 unspecified atom stereocenters. The van der Waals surface area contributed by atoms with Crippen molar-refractivity contribution in [2.24, 2.45) is 11.8 Å². The van der Waals surface area contributed by atoms with Crippen molar-refractivity contribution in [1.29, 1.82) is 5.26 Å². The summed E-state index contributed by atoms with van der Waals surface area (Å²) in [6.07, 6.45) is 2.63. The molecule has 1 aliphatic heterocycles. The summed E-state index contributed by atoms with van der Waals surface area (Å²) in [7, 11) is 0. The summed E-state index contributed by atoms with van der Waals surface area (Å²) in [6, 6.07) is 9.55. The van der Waals surface area contributed by atoms with E-state index < -0.39 is 11.9 Å². The fraction of sp³-hybridized carbons (Fsp3) is 0.429. The molecule has 1 aromatic heterocycles. The Balaban J connectivity index is 2.09. The van der Waals surface area contributed by atoms with Crippen LogP contribution in [0.15, 0.2) is 36.9 Å². The van der Waals surface area contributed by atoms with Crippen LogP contribution in [-0.4, -0.2) is 35.6 Å². The van der Waals surface area contributed by atoms with Crippen LogP contribution < -0.4 is 4.90 Å². The SMILES string of the molecule is C=CCOC(=O)[C@@H](C#N)c1nc2ccccc2nc1N1C[C@H](C)C[C@H](C)C1. The standard InChI is InChI=1S/C21H24N4O2/c1-4-9-27-21(26)16(11-22)19-20(25-12-14(2)10-15(3)13-25)24-18-8-6-5-7-17(18)23-19/h4-8,14-16H,1,9-10,12-13H2,2-3H3/t14-,15+,16-/m0/s1. The molecule has 3 atom stereocenters. The van der Waals surface area contributed by atoms with E-state index in [1.54, 1.807) is 0 Å². The molecule has 140 valence electrons. The highest BCUT2D eigenvalue weighted by Gasteiger charge is 2.32. The Morgan fingerprint density at radius 3 is 2.56 bits per heavy atom. The predicted molar refractivity (Wildman–Crippen MR) is 104 cm³/mol. The third-order valence-electron chi connectivity index (χ3n) is 4.73. The first-order valence-corrected chi connectivity index (χ1v) is 9.22. The molecule has 0 amide bonds. The van der Waals surface area contributed by atoms with Gasteiger partial charge in [-0.15, -0.1) is 0 Å². The minimum absolute atomic E-state index is 0.0607. The quantitative estimate of drug-likeness (QED) is 0.597. The molecule has 1 saturated heterocycles. The third kappa shape index (κ3) is 4.08. The molecule has 6 heteroatoms. The van der Waals surface area contributed by atoms with Crippen LogP contribution >= 0.6 is 0 Å². The molecular weight excluding hydrogens is 340 g/mol. The molecule has 1 fully saturated rings. The van der Waals surface area contributed by atoms with Crippen LogP contribution in [0.1, 0.15) is 31.9 Å². The van der Waals surface area contributed by atoms with Gasteiger partial charge >= 0.3 is 5.97 Å². The van der Waals surface area contributed by atoms with Gasteiger partial charge in [0, 0.05) is 13.1 Å². The number of fused-ring (bicyclic) bond motifs is 1. The lowest BCUT2D eigenvalue weighted by atomic mass is 9.91. The summed E-state index contributed by atoms with van der Waals surface area (Å²) < 4.78 is 5.13. The van der Waals surface area contributed by atoms with Gasteiger partial charge in [-0.25, -0.2) is 9.97 Å². The molecule has 0 aliphatic carbocycles. The van der Waals surface area contributed by atoms with Gasteiger partial charge in [0.25, 0.3) is 0 Å². The smallest absolute Gasteiger partial charge is 0.330 e. The Labute approximate surface area is 159 Å². The van der Waals surface area contributed by atoms with Crippen LogP contribution in [0.25, 0.3) is 11.0 Å². The number of nitrogens with zero attached hydrogens (tertiary/aromatic N) is 4. The first kappa shape index (κ1) is 18.8. The topological polar surface area (TPSA) is 79.1 Å². The van der Waals surface area contributed by atoms with Crippen LogP contribution in [0.2, 0.25) is 0 Å². The Kier molecular flexibility index (Phi) is 5.70. The number of esters is 1. The number of piperidine rings is 1. The van der Waals surface area contributed by atoms with E-state index in [0.29, 0.717) is 28.9 Å². The van der Waals surface area contributed by atoms with Crippen LogP contribution in [0.3, 0.4) is 0 Å². The average Bonchev–Trinajstić information content (AvgIpc) is 2.65. The van der Waals surface area contributed by atoms with Gasteiger partial charge in [0.1, 0.15) is 12.3 Å². The maximum absolute atomic E-state index is 12.5. The lowest BCUT2D eigenvalue weighted by Gasteiger charge is -2.36. The lowest BCUT2D eigenvalue weighted by Crippen LogP contribution is -2.40. The lowest BCUT2D eigenvalue weighted by molar-refractivity contribution is -0.142. The monoisotopic (exact) mass is 364 g/mol. The van der Waals surface area contributed by atoms with Gasteiger partial charge in [0.2, 0.25) is 0 Å². The van der Waals surface area contributed by atoms with E-state index in [0.717, 1.165) is 25.0 Å². The Hall–Kier alpha value is -2.94. The van der Waals surface area contributed by atoms with Gasteiger partial charge < -0.3 is 9.64 Å². The van der Waals surface area contributed by atoms with Crippen molar-refractivity contribution in [2.45, 2.75) is 26.2 Å². The molecule has 1 aliphatic rings. The van der Waals surface area contributed by atoms with E-state index in [-0.39, 0.29) is 6.61 Å². The minimum atomic E-state index is -1.12. The fourth-order valence-electron chi connectivity index (χ4n) is 3.72. The third-order valence-corrected chi connectivity index (χ3v) is 4.73. The van der Waals surface area contributed by atoms with Crippen LogP contribution in [-0.2, 0) is 9.53 Å². The fourth-order valence-corrected chi connectivity index (χ4v) is 3.72. The second-order valence-electron chi connectivity index (χ2n) is 7.25. The Morgan fingerprint density at radius 2 is 1.96 bits per heavy atom. The zero-order valence-electron chi connectivity index (χ0n) is 15.8. The van der Waals surface area contributed by atoms with E-state index in [1.807, 2.05) is 24.3 Å². The predicted octanol–water partition coefficient (Wildman–Crippen LogP) is 3.45. The number of anilines is 1. The van der Waals surface area contributed by atoms with Crippen LogP contribution in [0.5, 0.6) is 0 Å². The van der Waals surface area contributed by atoms with Crippen molar-refractivity contribution in [3.63, 3.8) is 0 Å². The Bertz CT molecular complexity index is 879. The molecular formula is C21H24N4O2. The highest BCUT2D eigenvalue weighted by Crippen LogP contribution is 2.32. The number of nitriles is 1. The number of ether oxygens (including phenoxy) is 1. The van der Waals surface area contributed by atoms with Gasteiger partial charge in [-0.3, -0.25) is 4.79 Å². The zero-order chi connectivity index (χ0) is 19.4. The second kappa shape index (κ2) is 8.17. The van der Waals surface area contributed by atoms with Gasteiger partial charge in [-0.2, -0.15) is 5.26 Å². The summed E-state index contributed by atoms with van der Waals surface area (Å²) in [6.45, 7) is 9.66. The molecule has 0 N–H and O–H groups in total. The normalized spacial score (nSPS) is 20.7. The maximum atomic E-state index is 12.5. The summed E-state index contributed by atoms with van der Waals surface area (Å²) in [5.41, 5.74) is 1.77. The number of benzene rings is 1. The van der Waals surface area contributed by atoms with Gasteiger partial charge in [0.15, 0.2) is 11.7 Å². The van der Waals surface area contributed by atoms with E-state index >= 15 is 0 Å². The van der Waals surface area contributed by atoms with Gasteiger partial charge in [-0.1, -0.05) is 38.6 Å². The summed E-state index contributed by atoms with van der Waals surface area (Å²) in [4.78, 5) is 24.0. The number of hydrogen-bond acceptors (Lipinski definition) is 6. The van der Waals surface area contributed by atoms with Gasteiger partial charge in [-0.05, 0) is 30.4 Å². The molecule has 0 radical (unpaired) electrons. The molecule has 0 bridgehead atoms. The number of rotatable bonds is 5. The molecule has 6 nitrogen and oxygen atoms in total. The summed E-state index contributed by atoms with van der Waals surface area (Å²) in [5.74, 6) is -0.133. The van der Waals surface area contributed by atoms with Crippen molar-refractivity contribution in [2.75, 3.05) is 24.6 Å². The molecule has 3 rings (SSSR count). The first-order valence-electron chi connectivity index (χ1n) is 9.22. The van der Waals surface area contributed by atoms with Crippen molar-refractivity contribution in [1.82, 2.24) is 9.97 Å². The van der Waals surface area contributed by atoms with Gasteiger partial charge in [0.05, 0.1) is 17.1 Å². The molecule has 2 heterocycles. The van der Waals surface area contributed by atoms with Crippen LogP contribution in [0, 0.1) is 23.2 Å². The largest absolute Gasteiger partial charge is 0.460 e. The molecule has 1 aromatic carbocycles. The van der Waals surface area contributed by atoms with Crippen molar-refractivity contribution >= 4 is 22.8 Å². The number of para-hydroxylation sites is 2. The highest BCUT2D eigenvalue weighted by molar-refractivity contribution is 5.85. The van der Waals surface area contributed by atoms with Crippen LogP contribution in [0.4, 0.5) is 5.82 Å². The van der Waals surface area contributed by atoms with E-state index in [4.69, 9.17) is 9.72 Å². The Morgan fingerprint density at radius 1 is 1.33 bits per heavy atom. The second-order valence-corrected chi connectivity index (χ2v) is 7.25. The minimum Gasteiger partial charge on any atom is -0.460 e. The van der Waals surface area contributed by atoms with Crippen molar-refractivity contribution in [3.05, 3.63) is 42.6 Å². The first-order chi connectivity index (χ1) is 13.0. The summed E-state index contributed by atoms with van der Waals surface area (Å²) in [5, 5.41) is 9.69. The van der Waals surface area contributed by atoms with Crippen molar-refractivity contribution < 1.29 is 9.53 Å². The van der Waals surface area contributed by atoms with E-state index in [1.165, 1.54) is 6.08 Å². The molecule has 27 heavy (non-hydrogen) atoms. The zero-order valence-corrected chi connectivity index (χ0v) is 15.8. The van der Waals surface area contributed by atoms with Crippen molar-refractivity contribution in [3.8, 4) is 6.07 Å². The molecule has 0 saturated carbocycles. The molecule has 0 spiro atoms. The van der Waals surface area contributed by atoms with E-state index in [2.05, 4.69) is 36.4 Å². The highest BCUT2D eigenvalue weighted by atomic mass is 16.5. The number of carbonyl (C=O) groups excluding carboxylic acids is 1. The maximum Gasteiger partial charge on any atom is 0.330 e. The number of carbonyl (C=O) groups is 1. The average molecular weight is 364 g/mol. The number of aromatic nitrogens is 2. The summed E-state index contributed by atoms with van der Waals surface area (Å²) >= 11 is 0.